The van der Waals surface area contributed by atoms with Crippen molar-refractivity contribution in [2.75, 3.05) is 7.11 Å². The summed E-state index contributed by atoms with van der Waals surface area (Å²) >= 11 is 0. The monoisotopic (exact) mass is 166 g/mol. The number of ether oxygens (including phenoxy) is 1. The van der Waals surface area contributed by atoms with Crippen LogP contribution >= 0.6 is 0 Å². The Morgan fingerprint density at radius 3 is 2.50 bits per heavy atom. The summed E-state index contributed by atoms with van der Waals surface area (Å²) in [7, 11) is 1.65. The van der Waals surface area contributed by atoms with E-state index in [2.05, 4.69) is 0 Å². The molecule has 0 radical (unpaired) electrons. The van der Waals surface area contributed by atoms with E-state index < -0.39 is 0 Å². The van der Waals surface area contributed by atoms with Crippen LogP contribution in [0.15, 0.2) is 12.1 Å². The summed E-state index contributed by atoms with van der Waals surface area (Å²) in [5.41, 5.74) is 3.05. The third-order valence-corrected chi connectivity index (χ3v) is 2.01. The Morgan fingerprint density at radius 1 is 1.33 bits per heavy atom. The molecule has 0 bridgehead atoms. The third-order valence-electron chi connectivity index (χ3n) is 2.01. The van der Waals surface area contributed by atoms with Gasteiger partial charge in [-0.15, -0.1) is 0 Å². The first kappa shape index (κ1) is 9.07. The summed E-state index contributed by atoms with van der Waals surface area (Å²) in [4.78, 5) is 0. The van der Waals surface area contributed by atoms with Crippen LogP contribution in [0.4, 0.5) is 0 Å². The normalized spacial score (nSPS) is 10.2. The summed E-state index contributed by atoms with van der Waals surface area (Å²) in [5.74, 6) is 0.349. The topological polar surface area (TPSA) is 29.5 Å². The summed E-state index contributed by atoms with van der Waals surface area (Å²) < 4.78 is 4.97. The minimum absolute atomic E-state index is 0.349. The van der Waals surface area contributed by atoms with Crippen molar-refractivity contribution in [2.24, 2.45) is 0 Å². The van der Waals surface area contributed by atoms with Crippen LogP contribution in [-0.4, -0.2) is 12.2 Å². The molecule has 1 aromatic carbocycles. The van der Waals surface area contributed by atoms with Gasteiger partial charge in [-0.05, 0) is 36.6 Å². The number of phenolic OH excluding ortho intramolecular Hbond substituents is 1. The molecule has 1 aromatic rings. The largest absolute Gasteiger partial charge is 0.508 e. The molecule has 12 heavy (non-hydrogen) atoms. The van der Waals surface area contributed by atoms with E-state index in [9.17, 15) is 5.11 Å². The Labute approximate surface area is 72.8 Å². The van der Waals surface area contributed by atoms with E-state index in [1.807, 2.05) is 19.9 Å². The van der Waals surface area contributed by atoms with Gasteiger partial charge in [-0.25, -0.2) is 0 Å². The minimum atomic E-state index is 0.349. The van der Waals surface area contributed by atoms with Crippen LogP contribution in [0.1, 0.15) is 16.7 Å². The summed E-state index contributed by atoms with van der Waals surface area (Å²) in [5, 5.41) is 9.45. The molecule has 0 amide bonds. The number of hydrogen-bond acceptors (Lipinski definition) is 2. The highest BCUT2D eigenvalue weighted by Crippen LogP contribution is 2.22. The van der Waals surface area contributed by atoms with Gasteiger partial charge in [0.2, 0.25) is 0 Å². The van der Waals surface area contributed by atoms with Crippen molar-refractivity contribution in [3.05, 3.63) is 28.8 Å². The SMILES string of the molecule is COCc1cc(C)c(C)c(O)c1. The van der Waals surface area contributed by atoms with Crippen molar-refractivity contribution in [3.63, 3.8) is 0 Å². The number of benzene rings is 1. The molecule has 0 aliphatic rings. The van der Waals surface area contributed by atoms with E-state index in [4.69, 9.17) is 4.74 Å². The molecule has 1 rings (SSSR count). The molecule has 0 aliphatic carbocycles. The molecule has 0 fully saturated rings. The summed E-state index contributed by atoms with van der Waals surface area (Å²) in [6.45, 7) is 4.43. The number of aromatic hydroxyl groups is 1. The van der Waals surface area contributed by atoms with Crippen LogP contribution in [0.2, 0.25) is 0 Å². The Balaban J connectivity index is 3.04. The van der Waals surface area contributed by atoms with Gasteiger partial charge in [0.25, 0.3) is 0 Å². The van der Waals surface area contributed by atoms with Gasteiger partial charge in [-0.1, -0.05) is 6.07 Å². The van der Waals surface area contributed by atoms with E-state index in [0.29, 0.717) is 12.4 Å². The highest BCUT2D eigenvalue weighted by Gasteiger charge is 2.01. The lowest BCUT2D eigenvalue weighted by Crippen LogP contribution is -1.90. The molecule has 0 aliphatic heterocycles. The van der Waals surface area contributed by atoms with Crippen molar-refractivity contribution in [2.45, 2.75) is 20.5 Å². The van der Waals surface area contributed by atoms with Crippen LogP contribution in [0.5, 0.6) is 5.75 Å². The molecule has 0 atom stereocenters. The number of rotatable bonds is 2. The molecule has 0 heterocycles. The lowest BCUT2D eigenvalue weighted by Gasteiger charge is -2.06. The van der Waals surface area contributed by atoms with Gasteiger partial charge in [0, 0.05) is 7.11 Å². The first-order chi connectivity index (χ1) is 5.65. The second-order valence-electron chi connectivity index (χ2n) is 2.99. The minimum Gasteiger partial charge on any atom is -0.508 e. The van der Waals surface area contributed by atoms with Crippen LogP contribution in [-0.2, 0) is 11.3 Å². The average Bonchev–Trinajstić information content (AvgIpc) is 2.01. The molecule has 2 heteroatoms. The van der Waals surface area contributed by atoms with Crippen molar-refractivity contribution in [1.82, 2.24) is 0 Å². The molecule has 1 N–H and O–H groups in total. The second-order valence-corrected chi connectivity index (χ2v) is 2.99. The van der Waals surface area contributed by atoms with E-state index >= 15 is 0 Å². The highest BCUT2D eigenvalue weighted by molar-refractivity contribution is 5.41. The predicted octanol–water partition coefficient (Wildman–Crippen LogP) is 2.16. The second kappa shape index (κ2) is 3.59. The highest BCUT2D eigenvalue weighted by atomic mass is 16.5. The molecule has 0 saturated heterocycles. The van der Waals surface area contributed by atoms with Crippen molar-refractivity contribution < 1.29 is 9.84 Å². The van der Waals surface area contributed by atoms with E-state index in [-0.39, 0.29) is 0 Å². The Bertz CT molecular complexity index is 256. The Morgan fingerprint density at radius 2 is 2.00 bits per heavy atom. The van der Waals surface area contributed by atoms with Crippen LogP contribution in [0.3, 0.4) is 0 Å². The standard InChI is InChI=1S/C10H14O2/c1-7-4-9(6-12-3)5-10(11)8(7)2/h4-5,11H,6H2,1-3H3. The predicted molar refractivity (Wildman–Crippen MR) is 48.3 cm³/mol. The Hall–Kier alpha value is -1.02. The summed E-state index contributed by atoms with van der Waals surface area (Å²) in [6, 6.07) is 3.77. The maximum Gasteiger partial charge on any atom is 0.119 e. The zero-order valence-electron chi connectivity index (χ0n) is 7.72. The molecule has 66 valence electrons. The molecule has 0 unspecified atom stereocenters. The van der Waals surface area contributed by atoms with Crippen LogP contribution in [0.25, 0.3) is 0 Å². The lowest BCUT2D eigenvalue weighted by atomic mass is 10.1. The molecule has 0 saturated carbocycles. The number of aryl methyl sites for hydroxylation is 1. The first-order valence-corrected chi connectivity index (χ1v) is 3.93. The number of phenols is 1. The maximum absolute atomic E-state index is 9.45. The third kappa shape index (κ3) is 1.77. The molecular weight excluding hydrogens is 152 g/mol. The van der Waals surface area contributed by atoms with Gasteiger partial charge in [0.1, 0.15) is 5.75 Å². The number of methoxy groups -OCH3 is 1. The van der Waals surface area contributed by atoms with Crippen LogP contribution < -0.4 is 0 Å². The van der Waals surface area contributed by atoms with E-state index in [1.54, 1.807) is 13.2 Å². The summed E-state index contributed by atoms with van der Waals surface area (Å²) in [6.07, 6.45) is 0. The molecule has 0 aromatic heterocycles. The van der Waals surface area contributed by atoms with Gasteiger partial charge in [-0.2, -0.15) is 0 Å². The zero-order valence-corrected chi connectivity index (χ0v) is 7.72. The van der Waals surface area contributed by atoms with Gasteiger partial charge in [0.05, 0.1) is 6.61 Å². The average molecular weight is 166 g/mol. The fourth-order valence-corrected chi connectivity index (χ4v) is 1.16. The fraction of sp³-hybridized carbons (Fsp3) is 0.400. The maximum atomic E-state index is 9.45. The van der Waals surface area contributed by atoms with Gasteiger partial charge in [0.15, 0.2) is 0 Å². The van der Waals surface area contributed by atoms with E-state index in [1.165, 1.54) is 0 Å². The van der Waals surface area contributed by atoms with Crippen molar-refractivity contribution >= 4 is 0 Å². The smallest absolute Gasteiger partial charge is 0.119 e. The molecule has 0 spiro atoms. The molecule has 2 nitrogen and oxygen atoms in total. The first-order valence-electron chi connectivity index (χ1n) is 3.93. The Kier molecular flexibility index (Phi) is 2.71. The molecular formula is C10H14O2. The van der Waals surface area contributed by atoms with Gasteiger partial charge < -0.3 is 9.84 Å². The van der Waals surface area contributed by atoms with Crippen molar-refractivity contribution in [1.29, 1.82) is 0 Å². The quantitative estimate of drug-likeness (QED) is 0.729. The number of hydrogen-bond donors (Lipinski definition) is 1. The van der Waals surface area contributed by atoms with Crippen LogP contribution in [0, 0.1) is 13.8 Å². The van der Waals surface area contributed by atoms with Gasteiger partial charge in [-0.3, -0.25) is 0 Å². The zero-order chi connectivity index (χ0) is 9.14. The lowest BCUT2D eigenvalue weighted by molar-refractivity contribution is 0.184. The van der Waals surface area contributed by atoms with E-state index in [0.717, 1.165) is 16.7 Å². The fourth-order valence-electron chi connectivity index (χ4n) is 1.16. The van der Waals surface area contributed by atoms with Crippen molar-refractivity contribution in [3.8, 4) is 5.75 Å². The van der Waals surface area contributed by atoms with Gasteiger partial charge >= 0.3 is 0 Å².